The molecule has 1 rings (SSSR count). The van der Waals surface area contributed by atoms with Gasteiger partial charge in [0.2, 0.25) is 0 Å². The van der Waals surface area contributed by atoms with Crippen molar-refractivity contribution >= 4 is 23.0 Å². The van der Waals surface area contributed by atoms with E-state index in [1.165, 1.54) is 24.8 Å². The summed E-state index contributed by atoms with van der Waals surface area (Å²) in [7, 11) is 0. The highest BCUT2D eigenvalue weighted by atomic mass is 32.1. The molecule has 2 N–H and O–H groups in total. The Morgan fingerprint density at radius 1 is 1.17 bits per heavy atom. The quantitative estimate of drug-likeness (QED) is 0.597. The lowest BCUT2D eigenvalue weighted by Crippen LogP contribution is -2.29. The second-order valence-electron chi connectivity index (χ2n) is 5.14. The Balaban J connectivity index is 2.16. The number of hydrogen-bond acceptors (Lipinski definition) is 1. The van der Waals surface area contributed by atoms with E-state index in [-0.39, 0.29) is 0 Å². The van der Waals surface area contributed by atoms with Crippen molar-refractivity contribution in [3.8, 4) is 0 Å². The van der Waals surface area contributed by atoms with Crippen LogP contribution in [0.1, 0.15) is 38.7 Å². The van der Waals surface area contributed by atoms with E-state index in [1.54, 1.807) is 0 Å². The molecule has 0 heterocycles. The first-order valence-electron chi connectivity index (χ1n) is 6.69. The summed E-state index contributed by atoms with van der Waals surface area (Å²) in [4.78, 5) is 0. The minimum absolute atomic E-state index is 0.711. The average molecular weight is 264 g/mol. The fourth-order valence-electron chi connectivity index (χ4n) is 1.69. The smallest absolute Gasteiger partial charge is 0.170 e. The van der Waals surface area contributed by atoms with Crippen LogP contribution < -0.4 is 10.6 Å². The van der Waals surface area contributed by atoms with Gasteiger partial charge in [-0.15, -0.1) is 0 Å². The van der Waals surface area contributed by atoms with Gasteiger partial charge in [-0.25, -0.2) is 0 Å². The van der Waals surface area contributed by atoms with Gasteiger partial charge >= 0.3 is 0 Å². The topological polar surface area (TPSA) is 24.1 Å². The molecule has 0 unspecified atom stereocenters. The van der Waals surface area contributed by atoms with Crippen LogP contribution in [0, 0.1) is 12.8 Å². The van der Waals surface area contributed by atoms with Crippen LogP contribution in [-0.4, -0.2) is 11.7 Å². The van der Waals surface area contributed by atoms with Gasteiger partial charge in [-0.1, -0.05) is 44.4 Å². The molecule has 0 fully saturated rings. The minimum atomic E-state index is 0.711. The Bertz CT molecular complexity index is 357. The molecule has 100 valence electrons. The molecular formula is C15H24N2S. The van der Waals surface area contributed by atoms with Crippen LogP contribution in [-0.2, 0) is 0 Å². The predicted molar refractivity (Wildman–Crippen MR) is 84.1 cm³/mol. The molecule has 0 aliphatic heterocycles. The number of rotatable bonds is 6. The summed E-state index contributed by atoms with van der Waals surface area (Å²) in [5.41, 5.74) is 2.30. The van der Waals surface area contributed by atoms with Crippen molar-refractivity contribution < 1.29 is 0 Å². The Labute approximate surface area is 116 Å². The third-order valence-corrected chi connectivity index (χ3v) is 3.05. The number of aryl methyl sites for hydroxylation is 1. The molecule has 18 heavy (non-hydrogen) atoms. The number of anilines is 1. The molecule has 0 saturated carbocycles. The molecular weight excluding hydrogens is 240 g/mol. The van der Waals surface area contributed by atoms with Gasteiger partial charge in [-0.2, -0.15) is 0 Å². The van der Waals surface area contributed by atoms with Gasteiger partial charge in [0, 0.05) is 12.2 Å². The van der Waals surface area contributed by atoms with Crippen molar-refractivity contribution in [2.45, 2.75) is 40.0 Å². The molecule has 0 aromatic heterocycles. The molecule has 0 aliphatic rings. The standard InChI is InChI=1S/C15H24N2S/c1-12(2)6-4-5-11-16-15(18)17-14-9-7-13(3)8-10-14/h7-10,12H,4-6,11H2,1-3H3,(H2,16,17,18). The Morgan fingerprint density at radius 2 is 1.83 bits per heavy atom. The van der Waals surface area contributed by atoms with E-state index >= 15 is 0 Å². The second kappa shape index (κ2) is 8.09. The third-order valence-electron chi connectivity index (χ3n) is 2.80. The Morgan fingerprint density at radius 3 is 2.44 bits per heavy atom. The average Bonchev–Trinajstić information content (AvgIpc) is 2.31. The fourth-order valence-corrected chi connectivity index (χ4v) is 1.91. The highest BCUT2D eigenvalue weighted by Gasteiger charge is 1.98. The lowest BCUT2D eigenvalue weighted by Gasteiger charge is -2.11. The normalized spacial score (nSPS) is 10.4. The monoisotopic (exact) mass is 264 g/mol. The summed E-state index contributed by atoms with van der Waals surface area (Å²) in [6, 6.07) is 8.24. The second-order valence-corrected chi connectivity index (χ2v) is 5.54. The van der Waals surface area contributed by atoms with Crippen molar-refractivity contribution in [1.29, 1.82) is 0 Å². The van der Waals surface area contributed by atoms with Crippen molar-refractivity contribution in [2.24, 2.45) is 5.92 Å². The van der Waals surface area contributed by atoms with Crippen LogP contribution in [0.15, 0.2) is 24.3 Å². The number of nitrogens with one attached hydrogen (secondary N) is 2. The molecule has 0 amide bonds. The Hall–Kier alpha value is -1.09. The van der Waals surface area contributed by atoms with Crippen LogP contribution in [0.4, 0.5) is 5.69 Å². The SMILES string of the molecule is Cc1ccc(NC(=S)NCCCCC(C)C)cc1. The lowest BCUT2D eigenvalue weighted by molar-refractivity contribution is 0.536. The first-order chi connectivity index (χ1) is 8.58. The van der Waals surface area contributed by atoms with E-state index in [0.717, 1.165) is 18.2 Å². The van der Waals surface area contributed by atoms with E-state index in [9.17, 15) is 0 Å². The van der Waals surface area contributed by atoms with Crippen molar-refractivity contribution in [2.75, 3.05) is 11.9 Å². The lowest BCUT2D eigenvalue weighted by atomic mass is 10.1. The van der Waals surface area contributed by atoms with Gasteiger partial charge in [0.15, 0.2) is 5.11 Å². The maximum Gasteiger partial charge on any atom is 0.170 e. The van der Waals surface area contributed by atoms with Crippen molar-refractivity contribution in [3.05, 3.63) is 29.8 Å². The molecule has 0 saturated heterocycles. The predicted octanol–water partition coefficient (Wildman–Crippen LogP) is 4.11. The van der Waals surface area contributed by atoms with Crippen LogP contribution in [0.25, 0.3) is 0 Å². The zero-order valence-electron chi connectivity index (χ0n) is 11.6. The summed E-state index contributed by atoms with van der Waals surface area (Å²) in [6.45, 7) is 7.55. The fraction of sp³-hybridized carbons (Fsp3) is 0.533. The Kier molecular flexibility index (Phi) is 6.73. The molecule has 2 nitrogen and oxygen atoms in total. The summed E-state index contributed by atoms with van der Waals surface area (Å²) >= 11 is 5.25. The molecule has 0 spiro atoms. The van der Waals surface area contributed by atoms with Crippen molar-refractivity contribution in [3.63, 3.8) is 0 Å². The molecule has 1 aromatic rings. The van der Waals surface area contributed by atoms with Gasteiger partial charge in [0.25, 0.3) is 0 Å². The molecule has 0 atom stereocenters. The summed E-state index contributed by atoms with van der Waals surface area (Å²) in [5.74, 6) is 0.794. The maximum atomic E-state index is 5.25. The number of hydrogen-bond donors (Lipinski definition) is 2. The number of benzene rings is 1. The van der Waals surface area contributed by atoms with E-state index in [1.807, 2.05) is 12.1 Å². The molecule has 0 radical (unpaired) electrons. The largest absolute Gasteiger partial charge is 0.362 e. The molecule has 0 aliphatic carbocycles. The van der Waals surface area contributed by atoms with Gasteiger partial charge in [0.1, 0.15) is 0 Å². The van der Waals surface area contributed by atoms with Gasteiger partial charge in [-0.3, -0.25) is 0 Å². The van der Waals surface area contributed by atoms with E-state index in [0.29, 0.717) is 5.11 Å². The minimum Gasteiger partial charge on any atom is -0.362 e. The summed E-state index contributed by atoms with van der Waals surface area (Å²) in [6.07, 6.45) is 3.73. The highest BCUT2D eigenvalue weighted by molar-refractivity contribution is 7.80. The zero-order valence-corrected chi connectivity index (χ0v) is 12.4. The number of thiocarbonyl (C=S) groups is 1. The van der Waals surface area contributed by atoms with Crippen LogP contribution in [0.5, 0.6) is 0 Å². The van der Waals surface area contributed by atoms with E-state index < -0.39 is 0 Å². The summed E-state index contributed by atoms with van der Waals surface area (Å²) in [5, 5.41) is 7.14. The molecule has 0 bridgehead atoms. The van der Waals surface area contributed by atoms with E-state index in [4.69, 9.17) is 12.2 Å². The maximum absolute atomic E-state index is 5.25. The van der Waals surface area contributed by atoms with Gasteiger partial charge in [0.05, 0.1) is 0 Å². The first kappa shape index (κ1) is 15.0. The van der Waals surface area contributed by atoms with Crippen LogP contribution in [0.3, 0.4) is 0 Å². The molecule has 3 heteroatoms. The highest BCUT2D eigenvalue weighted by Crippen LogP contribution is 2.08. The zero-order chi connectivity index (χ0) is 13.4. The molecule has 1 aromatic carbocycles. The van der Waals surface area contributed by atoms with Crippen LogP contribution >= 0.6 is 12.2 Å². The van der Waals surface area contributed by atoms with Crippen LogP contribution in [0.2, 0.25) is 0 Å². The van der Waals surface area contributed by atoms with E-state index in [2.05, 4.69) is 43.5 Å². The van der Waals surface area contributed by atoms with Gasteiger partial charge in [-0.05, 0) is 43.6 Å². The number of unbranched alkanes of at least 4 members (excludes halogenated alkanes) is 1. The summed E-state index contributed by atoms with van der Waals surface area (Å²) < 4.78 is 0. The van der Waals surface area contributed by atoms with Gasteiger partial charge < -0.3 is 10.6 Å². The third kappa shape index (κ3) is 6.60. The van der Waals surface area contributed by atoms with Crippen molar-refractivity contribution in [1.82, 2.24) is 5.32 Å². The first-order valence-corrected chi connectivity index (χ1v) is 7.10.